The molecule has 102 valence electrons. The topological polar surface area (TPSA) is 50.9 Å². The third kappa shape index (κ3) is 5.25. The molecule has 0 spiro atoms. The zero-order chi connectivity index (χ0) is 13.6. The quantitative estimate of drug-likeness (QED) is 0.731. The van der Waals surface area contributed by atoms with E-state index in [-0.39, 0.29) is 5.41 Å². The predicted molar refractivity (Wildman–Crippen MR) is 82.8 cm³/mol. The summed E-state index contributed by atoms with van der Waals surface area (Å²) in [5.41, 5.74) is 6.88. The molecule has 4 heteroatoms. The van der Waals surface area contributed by atoms with Crippen LogP contribution in [0, 0.1) is 5.41 Å². The maximum Gasteiger partial charge on any atom is 0.149 e. The summed E-state index contributed by atoms with van der Waals surface area (Å²) in [6.45, 7) is 7.70. The minimum Gasteiger partial charge on any atom is -0.396 e. The molecule has 3 nitrogen and oxygen atoms in total. The van der Waals surface area contributed by atoms with Crippen LogP contribution in [0.25, 0.3) is 0 Å². The Morgan fingerprint density at radius 2 is 2.11 bits per heavy atom. The Hall–Kier alpha value is -0.770. The molecule has 0 aliphatic carbocycles. The number of aromatic nitrogens is 1. The fourth-order valence-electron chi connectivity index (χ4n) is 1.87. The average Bonchev–Trinajstić information content (AvgIpc) is 2.28. The molecule has 0 aromatic carbocycles. The van der Waals surface area contributed by atoms with E-state index in [9.17, 15) is 0 Å². The van der Waals surface area contributed by atoms with Gasteiger partial charge in [0.05, 0.1) is 5.69 Å². The number of pyridine rings is 1. The molecule has 0 atom stereocenters. The van der Waals surface area contributed by atoms with E-state index in [1.165, 1.54) is 25.7 Å². The van der Waals surface area contributed by atoms with Crippen molar-refractivity contribution in [3.05, 3.63) is 16.7 Å². The SMILES string of the molecule is CCCCCC(C)(C)CNc1ncc(Br)cc1N. The Bertz CT molecular complexity index is 377. The number of nitrogens with zero attached hydrogens (tertiary/aromatic N) is 1. The number of hydrogen-bond donors (Lipinski definition) is 2. The molecule has 0 fully saturated rings. The van der Waals surface area contributed by atoms with Gasteiger partial charge in [-0.3, -0.25) is 0 Å². The number of anilines is 2. The van der Waals surface area contributed by atoms with Gasteiger partial charge in [0.25, 0.3) is 0 Å². The summed E-state index contributed by atoms with van der Waals surface area (Å²) in [5.74, 6) is 0.779. The highest BCUT2D eigenvalue weighted by atomic mass is 79.9. The first-order valence-corrected chi connectivity index (χ1v) is 7.39. The fourth-order valence-corrected chi connectivity index (χ4v) is 2.22. The second-order valence-corrected chi connectivity index (χ2v) is 6.48. The molecule has 0 bridgehead atoms. The highest BCUT2D eigenvalue weighted by molar-refractivity contribution is 9.10. The number of nitrogens with two attached hydrogens (primary N) is 1. The van der Waals surface area contributed by atoms with Crippen LogP contribution in [0.15, 0.2) is 16.7 Å². The Labute approximate surface area is 119 Å². The zero-order valence-electron chi connectivity index (χ0n) is 11.6. The highest BCUT2D eigenvalue weighted by Crippen LogP contribution is 2.26. The van der Waals surface area contributed by atoms with E-state index in [1.807, 2.05) is 6.07 Å². The number of halogens is 1. The smallest absolute Gasteiger partial charge is 0.149 e. The van der Waals surface area contributed by atoms with Gasteiger partial charge < -0.3 is 11.1 Å². The van der Waals surface area contributed by atoms with Crippen molar-refractivity contribution in [2.75, 3.05) is 17.6 Å². The molecule has 3 N–H and O–H groups in total. The molecule has 1 aromatic rings. The van der Waals surface area contributed by atoms with Crippen molar-refractivity contribution >= 4 is 27.4 Å². The minimum atomic E-state index is 0.274. The van der Waals surface area contributed by atoms with Crippen molar-refractivity contribution in [3.8, 4) is 0 Å². The lowest BCUT2D eigenvalue weighted by atomic mass is 9.87. The monoisotopic (exact) mass is 313 g/mol. The Balaban J connectivity index is 2.48. The molecule has 18 heavy (non-hydrogen) atoms. The van der Waals surface area contributed by atoms with Crippen molar-refractivity contribution in [1.29, 1.82) is 0 Å². The molecular formula is C14H24BrN3. The molecule has 0 unspecified atom stereocenters. The lowest BCUT2D eigenvalue weighted by Gasteiger charge is -2.25. The molecule has 0 aliphatic heterocycles. The van der Waals surface area contributed by atoms with Gasteiger partial charge in [-0.05, 0) is 33.8 Å². The third-order valence-electron chi connectivity index (χ3n) is 3.08. The van der Waals surface area contributed by atoms with Gasteiger partial charge in [0.1, 0.15) is 5.82 Å². The van der Waals surface area contributed by atoms with Crippen LogP contribution in [0.3, 0.4) is 0 Å². The van der Waals surface area contributed by atoms with Crippen molar-refractivity contribution in [2.24, 2.45) is 5.41 Å². The summed E-state index contributed by atoms with van der Waals surface area (Å²) in [6.07, 6.45) is 6.86. The molecule has 1 heterocycles. The molecule has 1 aromatic heterocycles. The Morgan fingerprint density at radius 1 is 1.39 bits per heavy atom. The first-order chi connectivity index (χ1) is 8.44. The van der Waals surface area contributed by atoms with E-state index in [2.05, 4.69) is 47.0 Å². The summed E-state index contributed by atoms with van der Waals surface area (Å²) in [6, 6.07) is 1.87. The number of hydrogen-bond acceptors (Lipinski definition) is 3. The van der Waals surface area contributed by atoms with E-state index in [1.54, 1.807) is 6.20 Å². The molecule has 0 amide bonds. The van der Waals surface area contributed by atoms with Crippen LogP contribution in [0.2, 0.25) is 0 Å². The van der Waals surface area contributed by atoms with Crippen LogP contribution < -0.4 is 11.1 Å². The van der Waals surface area contributed by atoms with Crippen LogP contribution in [0.4, 0.5) is 11.5 Å². The summed E-state index contributed by atoms with van der Waals surface area (Å²) >= 11 is 3.36. The summed E-state index contributed by atoms with van der Waals surface area (Å²) in [7, 11) is 0. The molecule has 0 saturated carbocycles. The Morgan fingerprint density at radius 3 is 2.72 bits per heavy atom. The highest BCUT2D eigenvalue weighted by Gasteiger charge is 2.17. The first kappa shape index (κ1) is 15.3. The van der Waals surface area contributed by atoms with Crippen molar-refractivity contribution in [1.82, 2.24) is 4.98 Å². The normalized spacial score (nSPS) is 11.6. The lowest BCUT2D eigenvalue weighted by molar-refractivity contribution is 0.342. The van der Waals surface area contributed by atoms with Gasteiger partial charge >= 0.3 is 0 Å². The van der Waals surface area contributed by atoms with Gasteiger partial charge in [-0.2, -0.15) is 0 Å². The second-order valence-electron chi connectivity index (χ2n) is 5.57. The summed E-state index contributed by atoms with van der Waals surface area (Å²) in [4.78, 5) is 4.29. The maximum atomic E-state index is 5.92. The molecule has 0 aliphatic rings. The van der Waals surface area contributed by atoms with Gasteiger partial charge in [-0.1, -0.05) is 40.0 Å². The number of nitrogens with one attached hydrogen (secondary N) is 1. The standard InChI is InChI=1S/C14H24BrN3/c1-4-5-6-7-14(2,3)10-18-13-12(16)8-11(15)9-17-13/h8-9H,4-7,10,16H2,1-3H3,(H,17,18). The van der Waals surface area contributed by atoms with E-state index in [0.717, 1.165) is 16.8 Å². The molecule has 0 radical (unpaired) electrons. The van der Waals surface area contributed by atoms with Gasteiger partial charge in [0.15, 0.2) is 0 Å². The zero-order valence-corrected chi connectivity index (χ0v) is 13.2. The number of unbranched alkanes of at least 4 members (excludes halogenated alkanes) is 2. The van der Waals surface area contributed by atoms with Crippen molar-refractivity contribution < 1.29 is 0 Å². The van der Waals surface area contributed by atoms with E-state index in [4.69, 9.17) is 5.73 Å². The predicted octanol–water partition coefficient (Wildman–Crippen LogP) is 4.44. The van der Waals surface area contributed by atoms with Crippen LogP contribution >= 0.6 is 15.9 Å². The number of nitrogen functional groups attached to an aromatic ring is 1. The van der Waals surface area contributed by atoms with Crippen molar-refractivity contribution in [3.63, 3.8) is 0 Å². The van der Waals surface area contributed by atoms with Gasteiger partial charge in [0, 0.05) is 17.2 Å². The van der Waals surface area contributed by atoms with Gasteiger partial charge in [-0.15, -0.1) is 0 Å². The maximum absolute atomic E-state index is 5.92. The van der Waals surface area contributed by atoms with Gasteiger partial charge in [-0.25, -0.2) is 4.98 Å². The Kier molecular flexibility index (Phi) is 5.93. The molecule has 1 rings (SSSR count). The summed E-state index contributed by atoms with van der Waals surface area (Å²) < 4.78 is 0.910. The van der Waals surface area contributed by atoms with Crippen LogP contribution in [-0.4, -0.2) is 11.5 Å². The molecule has 0 saturated heterocycles. The van der Waals surface area contributed by atoms with Crippen LogP contribution in [-0.2, 0) is 0 Å². The van der Waals surface area contributed by atoms with Crippen LogP contribution in [0.5, 0.6) is 0 Å². The van der Waals surface area contributed by atoms with Crippen LogP contribution in [0.1, 0.15) is 46.5 Å². The average molecular weight is 314 g/mol. The fraction of sp³-hybridized carbons (Fsp3) is 0.643. The number of rotatable bonds is 7. The third-order valence-corrected chi connectivity index (χ3v) is 3.51. The largest absolute Gasteiger partial charge is 0.396 e. The van der Waals surface area contributed by atoms with E-state index >= 15 is 0 Å². The van der Waals surface area contributed by atoms with Gasteiger partial charge in [0.2, 0.25) is 0 Å². The van der Waals surface area contributed by atoms with E-state index in [0.29, 0.717) is 5.69 Å². The minimum absolute atomic E-state index is 0.274. The molecular weight excluding hydrogens is 290 g/mol. The van der Waals surface area contributed by atoms with E-state index < -0.39 is 0 Å². The second kappa shape index (κ2) is 6.98. The van der Waals surface area contributed by atoms with Crippen molar-refractivity contribution in [2.45, 2.75) is 46.5 Å². The summed E-state index contributed by atoms with van der Waals surface area (Å²) in [5, 5.41) is 3.35. The lowest BCUT2D eigenvalue weighted by Crippen LogP contribution is -2.23. The first-order valence-electron chi connectivity index (χ1n) is 6.59.